The smallest absolute Gasteiger partial charge is 0.267 e. The maximum absolute atomic E-state index is 14.0. The minimum Gasteiger partial charge on any atom is -0.279 e. The molecule has 0 saturated heterocycles. The Morgan fingerprint density at radius 2 is 1.42 bits per heavy atom. The van der Waals surface area contributed by atoms with Crippen LogP contribution in [0.4, 0.5) is 32.0 Å². The monoisotopic (exact) mass is 395 g/mol. The van der Waals surface area contributed by atoms with Gasteiger partial charge in [-0.3, -0.25) is 4.72 Å². The molecule has 2 aromatic carbocycles. The maximum atomic E-state index is 14.0. The highest BCUT2D eigenvalue weighted by Gasteiger charge is 2.33. The van der Waals surface area contributed by atoms with Gasteiger partial charge in [0.05, 0.1) is 5.69 Å². The van der Waals surface area contributed by atoms with Crippen molar-refractivity contribution in [3.05, 3.63) is 58.7 Å². The molecular formula is C16H11F6NO2S. The summed E-state index contributed by atoms with van der Waals surface area (Å²) in [5.41, 5.74) is -0.0716. The summed E-state index contributed by atoms with van der Waals surface area (Å²) in [6.45, 7) is 0. The van der Waals surface area contributed by atoms with Crippen LogP contribution in [0, 0.1) is 40.8 Å². The maximum Gasteiger partial charge on any atom is 0.267 e. The van der Waals surface area contributed by atoms with E-state index in [0.717, 1.165) is 25.0 Å². The number of anilines is 1. The first-order chi connectivity index (χ1) is 12.1. The molecule has 1 fully saturated rings. The lowest BCUT2D eigenvalue weighted by Gasteiger charge is -2.12. The van der Waals surface area contributed by atoms with Crippen LogP contribution in [0.25, 0.3) is 0 Å². The summed E-state index contributed by atoms with van der Waals surface area (Å²) in [6, 6.07) is 3.22. The molecule has 1 saturated carbocycles. The molecule has 1 N–H and O–H groups in total. The zero-order chi connectivity index (χ0) is 19.2. The number of hydrogen-bond donors (Lipinski definition) is 1. The number of hydrogen-bond acceptors (Lipinski definition) is 2. The van der Waals surface area contributed by atoms with Crippen LogP contribution in [0.15, 0.2) is 23.1 Å². The summed E-state index contributed by atoms with van der Waals surface area (Å²) in [4.78, 5) is -2.03. The predicted molar refractivity (Wildman–Crippen MR) is 79.9 cm³/mol. The van der Waals surface area contributed by atoms with E-state index in [1.54, 1.807) is 4.72 Å². The number of sulfonamides is 1. The summed E-state index contributed by atoms with van der Waals surface area (Å²) in [7, 11) is -5.19. The molecule has 0 aromatic heterocycles. The molecule has 3 nitrogen and oxygen atoms in total. The van der Waals surface area contributed by atoms with Gasteiger partial charge in [-0.15, -0.1) is 0 Å². The normalized spacial score (nSPS) is 14.5. The molecule has 140 valence electrons. The number of rotatable bonds is 5. The highest BCUT2D eigenvalue weighted by Crippen LogP contribution is 2.34. The van der Waals surface area contributed by atoms with Crippen LogP contribution in [0.1, 0.15) is 18.4 Å². The van der Waals surface area contributed by atoms with Crippen molar-refractivity contribution < 1.29 is 34.8 Å². The minimum absolute atomic E-state index is 0.340. The van der Waals surface area contributed by atoms with Gasteiger partial charge in [0.15, 0.2) is 28.2 Å². The summed E-state index contributed by atoms with van der Waals surface area (Å²) < 4.78 is 107. The fourth-order valence-corrected chi connectivity index (χ4v) is 3.63. The third-order valence-electron chi connectivity index (χ3n) is 3.95. The number of benzene rings is 2. The number of halogens is 6. The molecule has 10 heteroatoms. The Morgan fingerprint density at radius 1 is 0.885 bits per heavy atom. The van der Waals surface area contributed by atoms with Gasteiger partial charge in [-0.25, -0.2) is 34.8 Å². The largest absolute Gasteiger partial charge is 0.279 e. The third kappa shape index (κ3) is 3.37. The molecule has 0 heterocycles. The lowest BCUT2D eigenvalue weighted by molar-refractivity contribution is 0.358. The van der Waals surface area contributed by atoms with Gasteiger partial charge in [-0.2, -0.15) is 0 Å². The van der Waals surface area contributed by atoms with Crippen LogP contribution < -0.4 is 4.72 Å². The molecule has 1 aliphatic rings. The molecule has 0 spiro atoms. The van der Waals surface area contributed by atoms with Crippen molar-refractivity contribution in [2.24, 2.45) is 5.92 Å². The van der Waals surface area contributed by atoms with Gasteiger partial charge in [0.25, 0.3) is 10.0 Å². The molecule has 1 aliphatic carbocycles. The van der Waals surface area contributed by atoms with E-state index in [0.29, 0.717) is 17.9 Å². The van der Waals surface area contributed by atoms with Gasteiger partial charge in [-0.05, 0) is 42.9 Å². The Labute approximate surface area is 144 Å². The average Bonchev–Trinajstić information content (AvgIpc) is 3.37. The molecule has 0 atom stereocenters. The fourth-order valence-electron chi connectivity index (χ4n) is 2.44. The van der Waals surface area contributed by atoms with Crippen molar-refractivity contribution in [1.82, 2.24) is 0 Å². The molecule has 2 aromatic rings. The summed E-state index contributed by atoms with van der Waals surface area (Å²) >= 11 is 0. The topological polar surface area (TPSA) is 46.2 Å². The van der Waals surface area contributed by atoms with Crippen LogP contribution in [-0.4, -0.2) is 8.42 Å². The van der Waals surface area contributed by atoms with Gasteiger partial charge in [-0.1, -0.05) is 6.07 Å². The molecule has 0 aliphatic heterocycles. The standard InChI is InChI=1S/C16H11F6NO2S/c17-10-6-9(4-3-8(10)5-7-1-2-7)23-26(24,25)16-14(21)12(19)11(18)13(20)15(16)22/h3-4,6-7,23H,1-2,5H2. The first-order valence-electron chi connectivity index (χ1n) is 7.44. The van der Waals surface area contributed by atoms with E-state index in [1.165, 1.54) is 6.07 Å². The molecule has 0 bridgehead atoms. The SMILES string of the molecule is O=S(=O)(Nc1ccc(CC2CC2)c(F)c1)c1c(F)c(F)c(F)c(F)c1F. The average molecular weight is 395 g/mol. The van der Waals surface area contributed by atoms with Crippen molar-refractivity contribution >= 4 is 15.7 Å². The first kappa shape index (κ1) is 18.6. The highest BCUT2D eigenvalue weighted by atomic mass is 32.2. The second-order valence-corrected chi connectivity index (χ2v) is 7.58. The zero-order valence-electron chi connectivity index (χ0n) is 12.9. The Kier molecular flexibility index (Phi) is 4.63. The van der Waals surface area contributed by atoms with E-state index in [-0.39, 0.29) is 0 Å². The Hall–Kier alpha value is -2.23. The highest BCUT2D eigenvalue weighted by molar-refractivity contribution is 7.92. The lowest BCUT2D eigenvalue weighted by Crippen LogP contribution is -2.19. The van der Waals surface area contributed by atoms with Crippen molar-refractivity contribution in [2.45, 2.75) is 24.2 Å². The zero-order valence-corrected chi connectivity index (χ0v) is 13.7. The molecule has 26 heavy (non-hydrogen) atoms. The molecule has 0 amide bonds. The van der Waals surface area contributed by atoms with Crippen molar-refractivity contribution in [3.8, 4) is 0 Å². The van der Waals surface area contributed by atoms with Crippen LogP contribution >= 0.6 is 0 Å². The van der Waals surface area contributed by atoms with Crippen LogP contribution in [0.5, 0.6) is 0 Å². The molecular weight excluding hydrogens is 384 g/mol. The Bertz CT molecular complexity index is 960. The van der Waals surface area contributed by atoms with Crippen LogP contribution in [0.2, 0.25) is 0 Å². The Morgan fingerprint density at radius 3 is 1.92 bits per heavy atom. The third-order valence-corrected chi connectivity index (χ3v) is 5.35. The van der Waals surface area contributed by atoms with E-state index >= 15 is 0 Å². The molecule has 3 rings (SSSR count). The van der Waals surface area contributed by atoms with Crippen molar-refractivity contribution in [1.29, 1.82) is 0 Å². The first-order valence-corrected chi connectivity index (χ1v) is 8.92. The van der Waals surface area contributed by atoms with E-state index in [2.05, 4.69) is 0 Å². The van der Waals surface area contributed by atoms with Crippen molar-refractivity contribution in [2.75, 3.05) is 4.72 Å². The van der Waals surface area contributed by atoms with E-state index in [9.17, 15) is 34.8 Å². The quantitative estimate of drug-likeness (QED) is 0.467. The summed E-state index contributed by atoms with van der Waals surface area (Å²) in [5.74, 6) is -12.6. The van der Waals surface area contributed by atoms with E-state index in [4.69, 9.17) is 0 Å². The van der Waals surface area contributed by atoms with Gasteiger partial charge in [0.1, 0.15) is 5.82 Å². The Balaban J connectivity index is 1.96. The second kappa shape index (κ2) is 6.49. The fraction of sp³-hybridized carbons (Fsp3) is 0.250. The van der Waals surface area contributed by atoms with Crippen LogP contribution in [-0.2, 0) is 16.4 Å². The van der Waals surface area contributed by atoms with Crippen LogP contribution in [0.3, 0.4) is 0 Å². The summed E-state index contributed by atoms with van der Waals surface area (Å²) in [6.07, 6.45) is 2.40. The van der Waals surface area contributed by atoms with Gasteiger partial charge >= 0.3 is 0 Å². The number of nitrogens with one attached hydrogen (secondary N) is 1. The van der Waals surface area contributed by atoms with E-state index < -0.39 is 55.5 Å². The molecule has 0 radical (unpaired) electrons. The van der Waals surface area contributed by atoms with Gasteiger partial charge < -0.3 is 0 Å². The molecule has 0 unspecified atom stereocenters. The lowest BCUT2D eigenvalue weighted by atomic mass is 10.1. The predicted octanol–water partition coefficient (Wildman–Crippen LogP) is 4.27. The van der Waals surface area contributed by atoms with E-state index in [1.807, 2.05) is 0 Å². The summed E-state index contributed by atoms with van der Waals surface area (Å²) in [5, 5.41) is 0. The minimum atomic E-state index is -5.19. The van der Waals surface area contributed by atoms with Crippen molar-refractivity contribution in [3.63, 3.8) is 0 Å². The van der Waals surface area contributed by atoms with Gasteiger partial charge in [0.2, 0.25) is 5.82 Å². The second-order valence-electron chi connectivity index (χ2n) is 5.96. The van der Waals surface area contributed by atoms with Gasteiger partial charge in [0, 0.05) is 0 Å².